The van der Waals surface area contributed by atoms with Crippen LogP contribution in [0.3, 0.4) is 0 Å². The molecule has 5 heteroatoms. The third kappa shape index (κ3) is 3.08. The van der Waals surface area contributed by atoms with Crippen LogP contribution in [0.15, 0.2) is 12.1 Å². The molecule has 1 aromatic heterocycles. The third-order valence-corrected chi connectivity index (χ3v) is 3.27. The smallest absolute Gasteiger partial charge is 0.129 e. The van der Waals surface area contributed by atoms with Crippen molar-refractivity contribution in [2.45, 2.75) is 19.5 Å². The Kier molecular flexibility index (Phi) is 4.03. The zero-order valence-electron chi connectivity index (χ0n) is 9.21. The number of nitrogens with one attached hydrogen (secondary N) is 1. The molecule has 0 aromatic carbocycles. The van der Waals surface area contributed by atoms with Crippen molar-refractivity contribution in [3.63, 3.8) is 0 Å². The van der Waals surface area contributed by atoms with Crippen molar-refractivity contribution in [3.8, 4) is 0 Å². The van der Waals surface area contributed by atoms with Gasteiger partial charge in [-0.25, -0.2) is 4.98 Å². The highest BCUT2D eigenvalue weighted by atomic mass is 35.5. The summed E-state index contributed by atoms with van der Waals surface area (Å²) < 4.78 is 0. The van der Waals surface area contributed by atoms with Crippen LogP contribution in [0.4, 0.5) is 0 Å². The lowest BCUT2D eigenvalue weighted by molar-refractivity contribution is 0.198. The quantitative estimate of drug-likeness (QED) is 0.826. The van der Waals surface area contributed by atoms with Crippen LogP contribution in [-0.2, 0) is 6.54 Å². The number of pyridine rings is 1. The van der Waals surface area contributed by atoms with E-state index in [1.807, 2.05) is 0 Å². The Morgan fingerprint density at radius 1 is 1.50 bits per heavy atom. The standard InChI is InChI=1S/C11H15Cl2N3/c1-8-6-16(5-4-14-8)7-10-9(12)2-3-11(13)15-10/h2-3,8,14H,4-7H2,1H3. The maximum Gasteiger partial charge on any atom is 0.129 e. The fourth-order valence-corrected chi connectivity index (χ4v) is 2.27. The molecule has 1 unspecified atom stereocenters. The molecule has 1 saturated heterocycles. The van der Waals surface area contributed by atoms with Gasteiger partial charge in [-0.15, -0.1) is 0 Å². The summed E-state index contributed by atoms with van der Waals surface area (Å²) in [6, 6.07) is 4.04. The molecule has 1 aromatic rings. The Morgan fingerprint density at radius 3 is 3.06 bits per heavy atom. The van der Waals surface area contributed by atoms with Crippen molar-refractivity contribution in [2.75, 3.05) is 19.6 Å². The van der Waals surface area contributed by atoms with Gasteiger partial charge in [-0.1, -0.05) is 23.2 Å². The number of halogens is 2. The SMILES string of the molecule is CC1CN(Cc2nc(Cl)ccc2Cl)CCN1. The van der Waals surface area contributed by atoms with Crippen molar-refractivity contribution in [3.05, 3.63) is 28.0 Å². The second kappa shape index (κ2) is 5.32. The lowest BCUT2D eigenvalue weighted by Gasteiger charge is -2.31. The Hall–Kier alpha value is -0.350. The van der Waals surface area contributed by atoms with Crippen molar-refractivity contribution in [2.24, 2.45) is 0 Å². The van der Waals surface area contributed by atoms with Gasteiger partial charge < -0.3 is 5.32 Å². The summed E-state index contributed by atoms with van der Waals surface area (Å²) in [7, 11) is 0. The molecule has 0 saturated carbocycles. The third-order valence-electron chi connectivity index (χ3n) is 2.71. The van der Waals surface area contributed by atoms with E-state index in [0.717, 1.165) is 31.9 Å². The van der Waals surface area contributed by atoms with Gasteiger partial charge in [0.2, 0.25) is 0 Å². The average molecular weight is 260 g/mol. The van der Waals surface area contributed by atoms with Gasteiger partial charge in [-0.05, 0) is 19.1 Å². The molecule has 1 aliphatic heterocycles. The summed E-state index contributed by atoms with van der Waals surface area (Å²) in [5.74, 6) is 0. The summed E-state index contributed by atoms with van der Waals surface area (Å²) in [5, 5.41) is 4.60. The van der Waals surface area contributed by atoms with Crippen LogP contribution >= 0.6 is 23.2 Å². The predicted molar refractivity (Wildman–Crippen MR) is 67.0 cm³/mol. The second-order valence-electron chi connectivity index (χ2n) is 4.15. The van der Waals surface area contributed by atoms with Gasteiger partial charge in [-0.2, -0.15) is 0 Å². The Bertz CT molecular complexity index is 370. The van der Waals surface area contributed by atoms with Gasteiger partial charge in [0.25, 0.3) is 0 Å². The van der Waals surface area contributed by atoms with Crippen LogP contribution in [0, 0.1) is 0 Å². The maximum absolute atomic E-state index is 6.09. The fourth-order valence-electron chi connectivity index (χ4n) is 1.94. The molecule has 16 heavy (non-hydrogen) atoms. The molecule has 0 radical (unpaired) electrons. The van der Waals surface area contributed by atoms with Gasteiger partial charge in [0.1, 0.15) is 5.15 Å². The van der Waals surface area contributed by atoms with Gasteiger partial charge in [0.05, 0.1) is 10.7 Å². The molecule has 1 fully saturated rings. The lowest BCUT2D eigenvalue weighted by atomic mass is 10.2. The van der Waals surface area contributed by atoms with E-state index in [1.54, 1.807) is 12.1 Å². The average Bonchev–Trinajstić information content (AvgIpc) is 2.24. The number of nitrogens with zero attached hydrogens (tertiary/aromatic N) is 2. The maximum atomic E-state index is 6.09. The molecule has 0 spiro atoms. The van der Waals surface area contributed by atoms with Gasteiger partial charge >= 0.3 is 0 Å². The summed E-state index contributed by atoms with van der Waals surface area (Å²) >= 11 is 12.0. The molecule has 88 valence electrons. The van der Waals surface area contributed by atoms with E-state index in [4.69, 9.17) is 23.2 Å². The van der Waals surface area contributed by atoms with Crippen molar-refractivity contribution in [1.29, 1.82) is 0 Å². The van der Waals surface area contributed by atoms with Crippen LogP contribution in [-0.4, -0.2) is 35.6 Å². The first-order valence-corrected chi connectivity index (χ1v) is 6.17. The summed E-state index contributed by atoms with van der Waals surface area (Å²) in [6.45, 7) is 6.00. The van der Waals surface area contributed by atoms with Crippen molar-refractivity contribution < 1.29 is 0 Å². The van der Waals surface area contributed by atoms with Crippen LogP contribution in [0.1, 0.15) is 12.6 Å². The van der Waals surface area contributed by atoms with E-state index < -0.39 is 0 Å². The lowest BCUT2D eigenvalue weighted by Crippen LogP contribution is -2.48. The second-order valence-corrected chi connectivity index (χ2v) is 4.95. The first-order chi connectivity index (χ1) is 7.65. The summed E-state index contributed by atoms with van der Waals surface area (Å²) in [6.07, 6.45) is 0. The van der Waals surface area contributed by atoms with Gasteiger partial charge in [0.15, 0.2) is 0 Å². The largest absolute Gasteiger partial charge is 0.312 e. The normalized spacial score (nSPS) is 22.3. The molecule has 1 aliphatic rings. The molecule has 0 bridgehead atoms. The van der Waals surface area contributed by atoms with Gasteiger partial charge in [-0.3, -0.25) is 4.90 Å². The highest BCUT2D eigenvalue weighted by molar-refractivity contribution is 6.32. The topological polar surface area (TPSA) is 28.2 Å². The highest BCUT2D eigenvalue weighted by Crippen LogP contribution is 2.18. The van der Waals surface area contributed by atoms with E-state index in [9.17, 15) is 0 Å². The van der Waals surface area contributed by atoms with E-state index in [0.29, 0.717) is 16.2 Å². The first kappa shape index (κ1) is 12.1. The molecule has 1 N–H and O–H groups in total. The summed E-state index contributed by atoms with van der Waals surface area (Å²) in [5.41, 5.74) is 0.864. The first-order valence-electron chi connectivity index (χ1n) is 5.42. The monoisotopic (exact) mass is 259 g/mol. The van der Waals surface area contributed by atoms with E-state index in [2.05, 4.69) is 22.1 Å². The van der Waals surface area contributed by atoms with E-state index in [1.165, 1.54) is 0 Å². The zero-order chi connectivity index (χ0) is 11.5. The number of aromatic nitrogens is 1. The molecular formula is C11H15Cl2N3. The van der Waals surface area contributed by atoms with Crippen LogP contribution in [0.5, 0.6) is 0 Å². The molecule has 0 aliphatic carbocycles. The number of rotatable bonds is 2. The molecule has 2 heterocycles. The Morgan fingerprint density at radius 2 is 2.31 bits per heavy atom. The molecule has 2 rings (SSSR count). The molecule has 0 amide bonds. The van der Waals surface area contributed by atoms with Crippen LogP contribution < -0.4 is 5.32 Å². The number of hydrogen-bond donors (Lipinski definition) is 1. The minimum absolute atomic E-state index is 0.502. The van der Waals surface area contributed by atoms with Crippen molar-refractivity contribution in [1.82, 2.24) is 15.2 Å². The molecule has 1 atom stereocenters. The Labute approximate surface area is 106 Å². The molecular weight excluding hydrogens is 245 g/mol. The van der Waals surface area contributed by atoms with E-state index >= 15 is 0 Å². The van der Waals surface area contributed by atoms with Crippen LogP contribution in [0.2, 0.25) is 10.2 Å². The molecule has 3 nitrogen and oxygen atoms in total. The van der Waals surface area contributed by atoms with Gasteiger partial charge in [0, 0.05) is 32.2 Å². The predicted octanol–water partition coefficient (Wildman–Crippen LogP) is 2.18. The minimum Gasteiger partial charge on any atom is -0.312 e. The summed E-state index contributed by atoms with van der Waals surface area (Å²) in [4.78, 5) is 6.60. The van der Waals surface area contributed by atoms with Crippen LogP contribution in [0.25, 0.3) is 0 Å². The van der Waals surface area contributed by atoms with E-state index in [-0.39, 0.29) is 0 Å². The number of piperazine rings is 1. The minimum atomic E-state index is 0.502. The fraction of sp³-hybridized carbons (Fsp3) is 0.545. The zero-order valence-corrected chi connectivity index (χ0v) is 10.7. The Balaban J connectivity index is 2.05. The highest BCUT2D eigenvalue weighted by Gasteiger charge is 2.17. The number of hydrogen-bond acceptors (Lipinski definition) is 3. The van der Waals surface area contributed by atoms with Crippen molar-refractivity contribution >= 4 is 23.2 Å².